The Morgan fingerprint density at radius 1 is 1.21 bits per heavy atom. The van der Waals surface area contributed by atoms with E-state index in [9.17, 15) is 24.3 Å². The van der Waals surface area contributed by atoms with E-state index >= 15 is 0 Å². The number of nitriles is 1. The van der Waals surface area contributed by atoms with Crippen molar-refractivity contribution in [3.05, 3.63) is 63.6 Å². The average Bonchev–Trinajstić information content (AvgIpc) is 3.17. The molecule has 1 aliphatic rings. The number of fused-ring (bicyclic) bond motifs is 1. The number of likely N-dealkylation sites (N-methyl/N-ethyl adjacent to an activating group) is 1. The fourth-order valence-corrected chi connectivity index (χ4v) is 3.54. The monoisotopic (exact) mass is 461 g/mol. The van der Waals surface area contributed by atoms with Crippen LogP contribution >= 0.6 is 0 Å². The molecule has 2 N–H and O–H groups in total. The van der Waals surface area contributed by atoms with Gasteiger partial charge < -0.3 is 15.3 Å². The summed E-state index contributed by atoms with van der Waals surface area (Å²) >= 11 is 0. The molecule has 1 fully saturated rings. The van der Waals surface area contributed by atoms with Crippen molar-refractivity contribution in [1.82, 2.24) is 24.8 Å². The number of hydrogen-bond acceptors (Lipinski definition) is 7. The van der Waals surface area contributed by atoms with Crippen LogP contribution in [0.3, 0.4) is 0 Å². The van der Waals surface area contributed by atoms with E-state index in [0.29, 0.717) is 24.2 Å². The zero-order chi connectivity index (χ0) is 24.4. The summed E-state index contributed by atoms with van der Waals surface area (Å²) in [6.07, 6.45) is 1.29. The van der Waals surface area contributed by atoms with Crippen molar-refractivity contribution in [2.75, 3.05) is 25.0 Å². The smallest absolute Gasteiger partial charge is 0.325 e. The summed E-state index contributed by atoms with van der Waals surface area (Å²) in [4.78, 5) is 61.0. The largest absolute Gasteiger partial charge is 0.480 e. The molecule has 34 heavy (non-hydrogen) atoms. The van der Waals surface area contributed by atoms with Gasteiger partial charge in [0.1, 0.15) is 17.6 Å². The molecule has 1 saturated heterocycles. The molecule has 12 heteroatoms. The van der Waals surface area contributed by atoms with E-state index in [-0.39, 0.29) is 35.1 Å². The summed E-state index contributed by atoms with van der Waals surface area (Å²) in [5, 5.41) is 20.8. The van der Waals surface area contributed by atoms with Gasteiger partial charge in [0, 0.05) is 26.7 Å². The fraction of sp³-hybridized carbons (Fsp3) is 0.227. The van der Waals surface area contributed by atoms with E-state index in [0.717, 1.165) is 4.57 Å². The van der Waals surface area contributed by atoms with Crippen molar-refractivity contribution in [3.63, 3.8) is 0 Å². The predicted octanol–water partition coefficient (Wildman–Crippen LogP) is 0.550. The zero-order valence-corrected chi connectivity index (χ0v) is 18.1. The van der Waals surface area contributed by atoms with Gasteiger partial charge in [-0.2, -0.15) is 5.26 Å². The van der Waals surface area contributed by atoms with Crippen LogP contribution in [0.2, 0.25) is 0 Å². The second kappa shape index (κ2) is 8.99. The molecular weight excluding hydrogens is 442 g/mol. The first-order valence-electron chi connectivity index (χ1n) is 10.2. The van der Waals surface area contributed by atoms with Crippen LogP contribution in [0.15, 0.2) is 41.3 Å². The normalized spacial score (nSPS) is 13.2. The molecule has 172 valence electrons. The SMILES string of the molecule is CN1CCN(c2cnc3c(cc(C(=O)NCc4ccc(C#N)cc4)c(=O)n3CC(=O)O)n2)C1=O. The molecule has 0 bridgehead atoms. The predicted molar refractivity (Wildman–Crippen MR) is 119 cm³/mol. The average molecular weight is 461 g/mol. The van der Waals surface area contributed by atoms with Gasteiger partial charge in [-0.1, -0.05) is 12.1 Å². The molecule has 3 heterocycles. The molecule has 2 aromatic heterocycles. The van der Waals surface area contributed by atoms with E-state index in [1.807, 2.05) is 6.07 Å². The Morgan fingerprint density at radius 3 is 2.56 bits per heavy atom. The lowest BCUT2D eigenvalue weighted by atomic mass is 10.1. The zero-order valence-electron chi connectivity index (χ0n) is 18.1. The molecule has 0 saturated carbocycles. The van der Waals surface area contributed by atoms with Crippen molar-refractivity contribution in [1.29, 1.82) is 5.26 Å². The molecule has 0 atom stereocenters. The van der Waals surface area contributed by atoms with Crippen LogP contribution in [0.1, 0.15) is 21.5 Å². The number of aromatic nitrogens is 3. The Morgan fingerprint density at radius 2 is 1.94 bits per heavy atom. The number of amides is 3. The Kier molecular flexibility index (Phi) is 5.92. The third-order valence-electron chi connectivity index (χ3n) is 5.35. The highest BCUT2D eigenvalue weighted by molar-refractivity contribution is 5.97. The van der Waals surface area contributed by atoms with E-state index < -0.39 is 24.0 Å². The summed E-state index contributed by atoms with van der Waals surface area (Å²) in [6, 6.07) is 9.52. The minimum Gasteiger partial charge on any atom is -0.480 e. The number of rotatable bonds is 6. The van der Waals surface area contributed by atoms with Crippen LogP contribution in [-0.2, 0) is 17.9 Å². The lowest BCUT2D eigenvalue weighted by molar-refractivity contribution is -0.137. The van der Waals surface area contributed by atoms with Crippen molar-refractivity contribution >= 4 is 34.9 Å². The Balaban J connectivity index is 1.70. The minimum absolute atomic E-state index is 0.0141. The Labute approximate surface area is 192 Å². The molecule has 3 aromatic rings. The molecule has 0 aliphatic carbocycles. The number of nitrogens with zero attached hydrogens (tertiary/aromatic N) is 6. The Hall–Kier alpha value is -4.79. The van der Waals surface area contributed by atoms with Crippen LogP contribution in [0.5, 0.6) is 0 Å². The maximum Gasteiger partial charge on any atom is 0.325 e. The van der Waals surface area contributed by atoms with Gasteiger partial charge in [-0.15, -0.1) is 0 Å². The first-order valence-corrected chi connectivity index (χ1v) is 10.2. The maximum atomic E-state index is 13.0. The van der Waals surface area contributed by atoms with Gasteiger partial charge in [-0.05, 0) is 23.8 Å². The topological polar surface area (TPSA) is 162 Å². The highest BCUT2D eigenvalue weighted by atomic mass is 16.4. The fourth-order valence-electron chi connectivity index (χ4n) is 3.54. The minimum atomic E-state index is -1.29. The van der Waals surface area contributed by atoms with E-state index in [1.165, 1.54) is 22.1 Å². The number of carboxylic acid groups (broad SMARTS) is 1. The van der Waals surface area contributed by atoms with Crippen molar-refractivity contribution < 1.29 is 19.5 Å². The number of aliphatic carboxylic acids is 1. The van der Waals surface area contributed by atoms with Crippen molar-refractivity contribution in [3.8, 4) is 6.07 Å². The van der Waals surface area contributed by atoms with E-state index in [1.54, 1.807) is 31.3 Å². The Bertz CT molecular complexity index is 1410. The number of carbonyl (C=O) groups excluding carboxylic acids is 2. The summed E-state index contributed by atoms with van der Waals surface area (Å²) in [5.41, 5.74) is 0.130. The first-order chi connectivity index (χ1) is 16.3. The molecule has 1 aliphatic heterocycles. The van der Waals surface area contributed by atoms with Gasteiger partial charge >= 0.3 is 12.0 Å². The number of carbonyl (C=O) groups is 3. The number of urea groups is 1. The van der Waals surface area contributed by atoms with Crippen LogP contribution in [-0.4, -0.2) is 62.6 Å². The molecule has 0 radical (unpaired) electrons. The number of nitrogens with one attached hydrogen (secondary N) is 1. The molecule has 0 spiro atoms. The quantitative estimate of drug-likeness (QED) is 0.538. The van der Waals surface area contributed by atoms with Crippen molar-refractivity contribution in [2.45, 2.75) is 13.1 Å². The first kappa shape index (κ1) is 22.4. The van der Waals surface area contributed by atoms with Gasteiger partial charge in [0.2, 0.25) is 0 Å². The molecule has 12 nitrogen and oxygen atoms in total. The number of benzene rings is 1. The maximum absolute atomic E-state index is 13.0. The van der Waals surface area contributed by atoms with Gasteiger partial charge in [0.05, 0.1) is 17.8 Å². The second-order valence-corrected chi connectivity index (χ2v) is 7.63. The van der Waals surface area contributed by atoms with Gasteiger partial charge in [0.25, 0.3) is 11.5 Å². The van der Waals surface area contributed by atoms with E-state index in [2.05, 4.69) is 15.3 Å². The van der Waals surface area contributed by atoms with Gasteiger partial charge in [-0.25, -0.2) is 14.8 Å². The van der Waals surface area contributed by atoms with Crippen LogP contribution < -0.4 is 15.8 Å². The van der Waals surface area contributed by atoms with E-state index in [4.69, 9.17) is 5.26 Å². The number of carboxylic acids is 1. The number of pyridine rings is 1. The third-order valence-corrected chi connectivity index (χ3v) is 5.35. The number of hydrogen-bond donors (Lipinski definition) is 2. The standard InChI is InChI=1S/C22H19N7O5/c1-27-6-7-28(22(27)34)17-11-24-19-16(26-17)8-15(21(33)29(19)12-18(30)31)20(32)25-10-14-4-2-13(9-23)3-5-14/h2-5,8,11H,6-7,10,12H2,1H3,(H,25,32)(H,30,31). The summed E-state index contributed by atoms with van der Waals surface area (Å²) < 4.78 is 0.864. The van der Waals surface area contributed by atoms with Crippen molar-refractivity contribution in [2.24, 2.45) is 0 Å². The van der Waals surface area contributed by atoms with Gasteiger partial charge in [-0.3, -0.25) is 23.9 Å². The lowest BCUT2D eigenvalue weighted by Gasteiger charge is -2.16. The lowest BCUT2D eigenvalue weighted by Crippen LogP contribution is -2.35. The highest BCUT2D eigenvalue weighted by Gasteiger charge is 2.28. The second-order valence-electron chi connectivity index (χ2n) is 7.63. The number of anilines is 1. The summed E-state index contributed by atoms with van der Waals surface area (Å²) in [7, 11) is 1.65. The summed E-state index contributed by atoms with van der Waals surface area (Å²) in [6.45, 7) is 0.259. The van der Waals surface area contributed by atoms with Gasteiger partial charge in [0.15, 0.2) is 11.5 Å². The molecular formula is C22H19N7O5. The molecule has 1 aromatic carbocycles. The molecule has 3 amide bonds. The van der Waals surface area contributed by atoms with Crippen LogP contribution in [0, 0.1) is 11.3 Å². The third kappa shape index (κ3) is 4.26. The summed E-state index contributed by atoms with van der Waals surface area (Å²) in [5.74, 6) is -1.79. The van der Waals surface area contributed by atoms with Crippen LogP contribution in [0.4, 0.5) is 10.6 Å². The highest BCUT2D eigenvalue weighted by Crippen LogP contribution is 2.19. The molecule has 4 rings (SSSR count). The molecule has 0 unspecified atom stereocenters. The van der Waals surface area contributed by atoms with Crippen LogP contribution in [0.25, 0.3) is 11.2 Å².